The summed E-state index contributed by atoms with van der Waals surface area (Å²) in [5.41, 5.74) is 8.30. The molecule has 1 aromatic rings. The van der Waals surface area contributed by atoms with E-state index in [1.165, 1.54) is 5.56 Å². The molecule has 0 spiro atoms. The molecule has 0 aromatic heterocycles. The van der Waals surface area contributed by atoms with Gasteiger partial charge >= 0.3 is 8.80 Å². The molecule has 0 radical (unpaired) electrons. The Balaban J connectivity index is 2.78. The van der Waals surface area contributed by atoms with Crippen molar-refractivity contribution < 1.29 is 13.3 Å². The molecule has 0 aliphatic carbocycles. The van der Waals surface area contributed by atoms with Crippen molar-refractivity contribution in [1.29, 1.82) is 0 Å². The molecule has 1 rings (SSSR count). The molecule has 23 heavy (non-hydrogen) atoms. The maximum Gasteiger partial charge on any atom is 0.504 e. The predicted molar refractivity (Wildman–Crippen MR) is 97.1 cm³/mol. The minimum absolute atomic E-state index is 0.154. The Bertz CT molecular complexity index is 455. The summed E-state index contributed by atoms with van der Waals surface area (Å²) in [6.45, 7) is 8.95. The largest absolute Gasteiger partial charge is 0.504 e. The van der Waals surface area contributed by atoms with Crippen LogP contribution in [0.25, 0.3) is 6.08 Å². The second kappa shape index (κ2) is 9.97. The Labute approximate surface area is 141 Å². The Kier molecular flexibility index (Phi) is 8.68. The smallest absolute Gasteiger partial charge is 0.377 e. The molecular formula is C17H30N2O3Si. The van der Waals surface area contributed by atoms with E-state index in [0.29, 0.717) is 6.54 Å². The van der Waals surface area contributed by atoms with Gasteiger partial charge in [-0.3, -0.25) is 4.90 Å². The minimum atomic E-state index is -2.64. The fourth-order valence-electron chi connectivity index (χ4n) is 2.79. The molecule has 0 aliphatic rings. The van der Waals surface area contributed by atoms with Crippen molar-refractivity contribution >= 4 is 14.9 Å². The highest BCUT2D eigenvalue weighted by atomic mass is 28.4. The average Bonchev–Trinajstić information content (AvgIpc) is 2.58. The van der Waals surface area contributed by atoms with E-state index in [1.54, 1.807) is 21.3 Å². The van der Waals surface area contributed by atoms with Crippen molar-refractivity contribution in [3.8, 4) is 0 Å². The standard InChI is InChI=1S/C17H30N2O3Si/c1-6-16-7-9-17(10-8-16)14-19(12-11-18)13-15(2)23(20-3,21-4)22-5/h6-10,15H,1,11-14,18H2,2-5H3. The van der Waals surface area contributed by atoms with Crippen LogP contribution in [-0.4, -0.2) is 54.7 Å². The van der Waals surface area contributed by atoms with Gasteiger partial charge in [0.2, 0.25) is 0 Å². The predicted octanol–water partition coefficient (Wildman–Crippen LogP) is 2.36. The van der Waals surface area contributed by atoms with Crippen LogP contribution < -0.4 is 5.73 Å². The third-order valence-electron chi connectivity index (χ3n) is 4.06. The molecule has 0 amide bonds. The summed E-state index contributed by atoms with van der Waals surface area (Å²) in [7, 11) is 2.31. The lowest BCUT2D eigenvalue weighted by atomic mass is 10.1. The lowest BCUT2D eigenvalue weighted by Crippen LogP contribution is -2.50. The zero-order chi connectivity index (χ0) is 17.3. The van der Waals surface area contributed by atoms with Gasteiger partial charge in [0.15, 0.2) is 0 Å². The molecule has 1 atom stereocenters. The van der Waals surface area contributed by atoms with Crippen molar-refractivity contribution in [2.24, 2.45) is 5.73 Å². The molecule has 0 fully saturated rings. The number of nitrogens with zero attached hydrogens (tertiary/aromatic N) is 1. The number of hydrogen-bond donors (Lipinski definition) is 1. The Morgan fingerprint density at radius 2 is 1.74 bits per heavy atom. The van der Waals surface area contributed by atoms with E-state index in [1.807, 2.05) is 6.08 Å². The van der Waals surface area contributed by atoms with Gasteiger partial charge < -0.3 is 19.0 Å². The lowest BCUT2D eigenvalue weighted by molar-refractivity contribution is 0.104. The maximum atomic E-state index is 5.77. The Morgan fingerprint density at radius 1 is 1.17 bits per heavy atom. The maximum absolute atomic E-state index is 5.77. The molecular weight excluding hydrogens is 308 g/mol. The highest BCUT2D eigenvalue weighted by molar-refractivity contribution is 6.62. The van der Waals surface area contributed by atoms with Crippen LogP contribution in [0.2, 0.25) is 5.54 Å². The van der Waals surface area contributed by atoms with Crippen LogP contribution in [0.1, 0.15) is 18.1 Å². The van der Waals surface area contributed by atoms with Crippen molar-refractivity contribution in [2.45, 2.75) is 19.0 Å². The van der Waals surface area contributed by atoms with Crippen molar-refractivity contribution in [3.63, 3.8) is 0 Å². The zero-order valence-corrected chi connectivity index (χ0v) is 15.7. The first-order chi connectivity index (χ1) is 11.0. The van der Waals surface area contributed by atoms with Crippen LogP contribution in [-0.2, 0) is 19.8 Å². The lowest BCUT2D eigenvalue weighted by Gasteiger charge is -2.33. The fraction of sp³-hybridized carbons (Fsp3) is 0.529. The first kappa shape index (κ1) is 20.0. The van der Waals surface area contributed by atoms with E-state index < -0.39 is 8.80 Å². The van der Waals surface area contributed by atoms with Crippen molar-refractivity contribution in [2.75, 3.05) is 41.0 Å². The highest BCUT2D eigenvalue weighted by Crippen LogP contribution is 2.25. The quantitative estimate of drug-likeness (QED) is 0.628. The van der Waals surface area contributed by atoms with Gasteiger partial charge in [-0.1, -0.05) is 43.8 Å². The molecule has 0 heterocycles. The topological polar surface area (TPSA) is 57.0 Å². The normalized spacial score (nSPS) is 13.3. The van der Waals surface area contributed by atoms with Gasteiger partial charge in [0.1, 0.15) is 0 Å². The van der Waals surface area contributed by atoms with Crippen LogP contribution in [0, 0.1) is 0 Å². The van der Waals surface area contributed by atoms with E-state index in [0.717, 1.165) is 25.2 Å². The summed E-state index contributed by atoms with van der Waals surface area (Å²) in [6.07, 6.45) is 1.85. The van der Waals surface area contributed by atoms with Crippen LogP contribution >= 0.6 is 0 Å². The molecule has 1 aromatic carbocycles. The first-order valence-corrected chi connectivity index (χ1v) is 9.64. The second-order valence-electron chi connectivity index (χ2n) is 5.59. The molecule has 0 saturated heterocycles. The molecule has 0 bridgehead atoms. The minimum Gasteiger partial charge on any atom is -0.377 e. The van der Waals surface area contributed by atoms with E-state index in [2.05, 4.69) is 42.7 Å². The van der Waals surface area contributed by atoms with Gasteiger partial charge in [-0.25, -0.2) is 0 Å². The van der Waals surface area contributed by atoms with Gasteiger partial charge in [-0.2, -0.15) is 0 Å². The van der Waals surface area contributed by atoms with Gasteiger partial charge in [0.25, 0.3) is 0 Å². The average molecular weight is 339 g/mol. The SMILES string of the molecule is C=Cc1ccc(CN(CCN)CC(C)[Si](OC)(OC)OC)cc1. The summed E-state index contributed by atoms with van der Waals surface area (Å²) in [6, 6.07) is 8.40. The first-order valence-electron chi connectivity index (χ1n) is 7.84. The molecule has 5 nitrogen and oxygen atoms in total. The van der Waals surface area contributed by atoms with E-state index in [4.69, 9.17) is 19.0 Å². The third kappa shape index (κ3) is 5.52. The number of benzene rings is 1. The third-order valence-corrected chi connectivity index (χ3v) is 7.15. The van der Waals surface area contributed by atoms with E-state index >= 15 is 0 Å². The number of nitrogens with two attached hydrogens (primary N) is 1. The molecule has 0 aliphatic heterocycles. The molecule has 2 N–H and O–H groups in total. The highest BCUT2D eigenvalue weighted by Gasteiger charge is 2.45. The second-order valence-corrected chi connectivity index (χ2v) is 9.00. The Morgan fingerprint density at radius 3 is 2.17 bits per heavy atom. The summed E-state index contributed by atoms with van der Waals surface area (Å²) in [5, 5.41) is 0. The van der Waals surface area contributed by atoms with Crippen molar-refractivity contribution in [3.05, 3.63) is 42.0 Å². The van der Waals surface area contributed by atoms with Crippen molar-refractivity contribution in [1.82, 2.24) is 4.90 Å². The van der Waals surface area contributed by atoms with Gasteiger partial charge in [-0.15, -0.1) is 0 Å². The molecule has 1 unspecified atom stereocenters. The van der Waals surface area contributed by atoms with Gasteiger partial charge in [-0.05, 0) is 11.1 Å². The van der Waals surface area contributed by atoms with Gasteiger partial charge in [0, 0.05) is 53.0 Å². The molecule has 6 heteroatoms. The summed E-state index contributed by atoms with van der Waals surface area (Å²) >= 11 is 0. The summed E-state index contributed by atoms with van der Waals surface area (Å²) in [5.74, 6) is 0. The van der Waals surface area contributed by atoms with E-state index in [9.17, 15) is 0 Å². The summed E-state index contributed by atoms with van der Waals surface area (Å²) in [4.78, 5) is 2.31. The molecule has 130 valence electrons. The zero-order valence-electron chi connectivity index (χ0n) is 14.7. The molecule has 0 saturated carbocycles. The van der Waals surface area contributed by atoms with Crippen LogP contribution in [0.15, 0.2) is 30.8 Å². The number of rotatable bonds is 11. The Hall–Kier alpha value is -1.02. The van der Waals surface area contributed by atoms with Gasteiger partial charge in [0.05, 0.1) is 0 Å². The van der Waals surface area contributed by atoms with E-state index in [-0.39, 0.29) is 5.54 Å². The summed E-state index contributed by atoms with van der Waals surface area (Å²) < 4.78 is 16.7. The van der Waals surface area contributed by atoms with Crippen LogP contribution in [0.5, 0.6) is 0 Å². The van der Waals surface area contributed by atoms with Crippen LogP contribution in [0.4, 0.5) is 0 Å². The fourth-order valence-corrected chi connectivity index (χ4v) is 4.98. The van der Waals surface area contributed by atoms with Crippen LogP contribution in [0.3, 0.4) is 0 Å². The number of hydrogen-bond acceptors (Lipinski definition) is 5. The monoisotopic (exact) mass is 338 g/mol.